The van der Waals surface area contributed by atoms with Crippen LogP contribution in [0.2, 0.25) is 0 Å². The third-order valence-electron chi connectivity index (χ3n) is 2.46. The van der Waals surface area contributed by atoms with E-state index in [0.717, 1.165) is 12.1 Å². The summed E-state index contributed by atoms with van der Waals surface area (Å²) in [6.07, 6.45) is 0.584. The highest BCUT2D eigenvalue weighted by Gasteiger charge is 2.14. The minimum Gasteiger partial charge on any atom is -0.385 e. The van der Waals surface area contributed by atoms with E-state index in [1.54, 1.807) is 7.05 Å². The van der Waals surface area contributed by atoms with Gasteiger partial charge in [-0.2, -0.15) is 5.10 Å². The first-order chi connectivity index (χ1) is 8.08. The Balaban J connectivity index is 2.16. The van der Waals surface area contributed by atoms with E-state index in [9.17, 15) is 13.9 Å². The number of aromatic nitrogens is 3. The summed E-state index contributed by atoms with van der Waals surface area (Å²) in [5.74, 6) is -1.44. The molecule has 0 aliphatic rings. The molecule has 0 radical (unpaired) electrons. The molecule has 90 valence electrons. The van der Waals surface area contributed by atoms with Gasteiger partial charge < -0.3 is 5.11 Å². The Hall–Kier alpha value is -1.82. The van der Waals surface area contributed by atoms with Crippen molar-refractivity contribution in [2.45, 2.75) is 12.5 Å². The molecule has 0 bridgehead atoms. The Morgan fingerprint density at radius 3 is 2.71 bits per heavy atom. The number of hydrogen-bond donors (Lipinski definition) is 1. The topological polar surface area (TPSA) is 50.9 Å². The Kier molecular flexibility index (Phi) is 3.14. The van der Waals surface area contributed by atoms with Crippen LogP contribution < -0.4 is 0 Å². The molecule has 2 aromatic rings. The first kappa shape index (κ1) is 11.7. The lowest BCUT2D eigenvalue weighted by Crippen LogP contribution is -2.09. The number of aliphatic hydroxyl groups excluding tert-OH is 1. The summed E-state index contributed by atoms with van der Waals surface area (Å²) >= 11 is 0. The first-order valence-electron chi connectivity index (χ1n) is 5.04. The fraction of sp³-hybridized carbons (Fsp3) is 0.273. The molecule has 0 spiro atoms. The van der Waals surface area contributed by atoms with E-state index in [2.05, 4.69) is 10.1 Å². The number of aryl methyl sites for hydroxylation is 1. The average Bonchev–Trinajstić information content (AvgIpc) is 2.70. The zero-order valence-corrected chi connectivity index (χ0v) is 9.14. The molecule has 0 aliphatic carbocycles. The summed E-state index contributed by atoms with van der Waals surface area (Å²) in [7, 11) is 1.65. The van der Waals surface area contributed by atoms with Gasteiger partial charge in [0.25, 0.3) is 0 Å². The van der Waals surface area contributed by atoms with Crippen molar-refractivity contribution < 1.29 is 13.9 Å². The number of rotatable bonds is 3. The molecule has 6 heteroatoms. The first-order valence-corrected chi connectivity index (χ1v) is 5.04. The summed E-state index contributed by atoms with van der Waals surface area (Å²) in [4.78, 5) is 3.89. The predicted octanol–water partition coefficient (Wildman–Crippen LogP) is 1.37. The van der Waals surface area contributed by atoms with E-state index in [0.29, 0.717) is 11.4 Å². The molecule has 0 amide bonds. The molecule has 1 atom stereocenters. The van der Waals surface area contributed by atoms with Crippen molar-refractivity contribution in [3.63, 3.8) is 0 Å². The molecule has 0 aliphatic heterocycles. The number of benzene rings is 1. The molecule has 4 nitrogen and oxygen atoms in total. The quantitative estimate of drug-likeness (QED) is 0.880. The molecule has 1 heterocycles. The summed E-state index contributed by atoms with van der Waals surface area (Å²) < 4.78 is 27.1. The van der Waals surface area contributed by atoms with Gasteiger partial charge in [-0.05, 0) is 17.7 Å². The maximum atomic E-state index is 13.0. The molecule has 1 unspecified atom stereocenters. The summed E-state index contributed by atoms with van der Waals surface area (Å²) in [6, 6.07) is 3.53. The largest absolute Gasteiger partial charge is 0.385 e. The molecule has 0 saturated carbocycles. The number of aliphatic hydroxyl groups is 1. The van der Waals surface area contributed by atoms with E-state index < -0.39 is 17.7 Å². The molecule has 0 saturated heterocycles. The van der Waals surface area contributed by atoms with Crippen molar-refractivity contribution in [2.75, 3.05) is 0 Å². The van der Waals surface area contributed by atoms with Crippen molar-refractivity contribution in [2.24, 2.45) is 7.05 Å². The van der Waals surface area contributed by atoms with Gasteiger partial charge in [0.15, 0.2) is 17.5 Å². The molecular formula is C11H11F2N3O. The van der Waals surface area contributed by atoms with Crippen LogP contribution in [0.4, 0.5) is 8.78 Å². The molecule has 17 heavy (non-hydrogen) atoms. The Morgan fingerprint density at radius 1 is 1.35 bits per heavy atom. The molecular weight excluding hydrogens is 228 g/mol. The van der Waals surface area contributed by atoms with Crippen LogP contribution in [0.25, 0.3) is 0 Å². The van der Waals surface area contributed by atoms with Crippen LogP contribution in [0, 0.1) is 11.6 Å². The van der Waals surface area contributed by atoms with E-state index in [1.807, 2.05) is 0 Å². The van der Waals surface area contributed by atoms with E-state index in [4.69, 9.17) is 0 Å². The van der Waals surface area contributed by atoms with E-state index in [-0.39, 0.29) is 6.42 Å². The highest BCUT2D eigenvalue weighted by atomic mass is 19.2. The SMILES string of the molecule is Cn1ncnc1C(O)Cc1ccc(F)c(F)c1. The van der Waals surface area contributed by atoms with Crippen LogP contribution in [-0.2, 0) is 13.5 Å². The molecule has 1 N–H and O–H groups in total. The fourth-order valence-electron chi connectivity index (χ4n) is 1.59. The second kappa shape index (κ2) is 4.58. The highest BCUT2D eigenvalue weighted by Crippen LogP contribution is 2.17. The maximum Gasteiger partial charge on any atom is 0.159 e. The Labute approximate surface area is 96.5 Å². The fourth-order valence-corrected chi connectivity index (χ4v) is 1.59. The molecule has 0 fully saturated rings. The van der Waals surface area contributed by atoms with Crippen LogP contribution in [0.1, 0.15) is 17.5 Å². The van der Waals surface area contributed by atoms with Crippen molar-refractivity contribution in [1.82, 2.24) is 14.8 Å². The molecule has 2 rings (SSSR count). The number of halogens is 2. The minimum absolute atomic E-state index is 0.156. The van der Waals surface area contributed by atoms with Crippen molar-refractivity contribution >= 4 is 0 Å². The van der Waals surface area contributed by atoms with Gasteiger partial charge in [0, 0.05) is 13.5 Å². The van der Waals surface area contributed by atoms with Gasteiger partial charge in [0.2, 0.25) is 0 Å². The van der Waals surface area contributed by atoms with Crippen LogP contribution in [-0.4, -0.2) is 19.9 Å². The van der Waals surface area contributed by atoms with Crippen molar-refractivity contribution in [3.05, 3.63) is 47.5 Å². The lowest BCUT2D eigenvalue weighted by atomic mass is 10.1. The Bertz CT molecular complexity index is 527. The number of hydrogen-bond acceptors (Lipinski definition) is 3. The van der Waals surface area contributed by atoms with Gasteiger partial charge in [-0.25, -0.2) is 13.8 Å². The van der Waals surface area contributed by atoms with Gasteiger partial charge in [-0.15, -0.1) is 0 Å². The van der Waals surface area contributed by atoms with Gasteiger partial charge in [-0.1, -0.05) is 6.07 Å². The average molecular weight is 239 g/mol. The minimum atomic E-state index is -0.923. The van der Waals surface area contributed by atoms with Crippen LogP contribution in [0.5, 0.6) is 0 Å². The standard InChI is InChI=1S/C11H11F2N3O/c1-16-11(14-6-15-16)10(17)5-7-2-3-8(12)9(13)4-7/h2-4,6,10,17H,5H2,1H3. The van der Waals surface area contributed by atoms with Crippen LogP contribution in [0.15, 0.2) is 24.5 Å². The summed E-state index contributed by atoms with van der Waals surface area (Å²) in [6.45, 7) is 0. The van der Waals surface area contributed by atoms with Gasteiger partial charge >= 0.3 is 0 Å². The maximum absolute atomic E-state index is 13.0. The van der Waals surface area contributed by atoms with E-state index >= 15 is 0 Å². The Morgan fingerprint density at radius 2 is 2.12 bits per heavy atom. The third kappa shape index (κ3) is 2.47. The summed E-state index contributed by atoms with van der Waals surface area (Å²) in [5.41, 5.74) is 0.499. The monoisotopic (exact) mass is 239 g/mol. The smallest absolute Gasteiger partial charge is 0.159 e. The zero-order chi connectivity index (χ0) is 12.4. The van der Waals surface area contributed by atoms with Crippen LogP contribution in [0.3, 0.4) is 0 Å². The van der Waals surface area contributed by atoms with Crippen molar-refractivity contribution in [1.29, 1.82) is 0 Å². The lowest BCUT2D eigenvalue weighted by Gasteiger charge is -2.09. The van der Waals surface area contributed by atoms with E-state index in [1.165, 1.54) is 17.1 Å². The summed E-state index contributed by atoms with van der Waals surface area (Å²) in [5, 5.41) is 13.7. The second-order valence-corrected chi connectivity index (χ2v) is 3.71. The highest BCUT2D eigenvalue weighted by molar-refractivity contribution is 5.19. The van der Waals surface area contributed by atoms with Crippen LogP contribution >= 0.6 is 0 Å². The number of nitrogens with zero attached hydrogens (tertiary/aromatic N) is 3. The molecule has 1 aromatic heterocycles. The predicted molar refractivity (Wildman–Crippen MR) is 56.0 cm³/mol. The van der Waals surface area contributed by atoms with Gasteiger partial charge in [0.05, 0.1) is 0 Å². The van der Waals surface area contributed by atoms with Gasteiger partial charge in [0.1, 0.15) is 12.4 Å². The second-order valence-electron chi connectivity index (χ2n) is 3.71. The third-order valence-corrected chi connectivity index (χ3v) is 2.46. The van der Waals surface area contributed by atoms with Crippen molar-refractivity contribution in [3.8, 4) is 0 Å². The normalized spacial score (nSPS) is 12.7. The molecule has 1 aromatic carbocycles. The van der Waals surface area contributed by atoms with Gasteiger partial charge in [-0.3, -0.25) is 4.68 Å². The lowest BCUT2D eigenvalue weighted by molar-refractivity contribution is 0.163. The zero-order valence-electron chi connectivity index (χ0n) is 9.14.